The Hall–Kier alpha value is -1.94. The summed E-state index contributed by atoms with van der Waals surface area (Å²) in [5, 5.41) is 3.41. The lowest BCUT2D eigenvalue weighted by Gasteiger charge is -2.13. The molecule has 2 aromatic carbocycles. The van der Waals surface area contributed by atoms with Crippen molar-refractivity contribution in [2.75, 3.05) is 0 Å². The molecule has 0 heterocycles. The Kier molecular flexibility index (Phi) is 4.12. The van der Waals surface area contributed by atoms with Crippen LogP contribution in [0.5, 0.6) is 0 Å². The van der Waals surface area contributed by atoms with E-state index in [0.717, 1.165) is 11.1 Å². The Morgan fingerprint density at radius 3 is 2.77 bits per heavy atom. The van der Waals surface area contributed by atoms with E-state index in [0.29, 0.717) is 29.2 Å². The molecule has 2 aromatic rings. The second-order valence-corrected chi connectivity index (χ2v) is 5.85. The van der Waals surface area contributed by atoms with E-state index in [1.54, 1.807) is 12.1 Å². The van der Waals surface area contributed by atoms with Gasteiger partial charge < -0.3 is 5.32 Å². The first-order chi connectivity index (χ1) is 10.5. The van der Waals surface area contributed by atoms with Crippen LogP contribution in [-0.2, 0) is 6.54 Å². The minimum atomic E-state index is -0.414. The molecule has 0 spiro atoms. The molecule has 0 atom stereocenters. The highest BCUT2D eigenvalue weighted by atomic mass is 19.1. The van der Waals surface area contributed by atoms with Crippen LogP contribution >= 0.6 is 0 Å². The van der Waals surface area contributed by atoms with Gasteiger partial charge in [0, 0.05) is 23.7 Å². The molecule has 0 amide bonds. The van der Waals surface area contributed by atoms with Crippen molar-refractivity contribution in [3.63, 3.8) is 0 Å². The summed E-state index contributed by atoms with van der Waals surface area (Å²) in [5.74, 6) is -0.611. The van der Waals surface area contributed by atoms with E-state index in [1.165, 1.54) is 25.0 Å². The summed E-state index contributed by atoms with van der Waals surface area (Å²) in [6.07, 6.45) is 2.41. The summed E-state index contributed by atoms with van der Waals surface area (Å²) in [6, 6.07) is 10.1. The maximum absolute atomic E-state index is 13.3. The van der Waals surface area contributed by atoms with Crippen LogP contribution in [-0.4, -0.2) is 19.7 Å². The Morgan fingerprint density at radius 2 is 2.09 bits per heavy atom. The number of rotatable bonds is 5. The number of carbonyl (C=O) groups is 1. The molecule has 1 fully saturated rings. The molecule has 1 saturated carbocycles. The highest BCUT2D eigenvalue weighted by Crippen LogP contribution is 2.20. The first-order valence-corrected chi connectivity index (χ1v) is 7.47. The third-order valence-electron chi connectivity index (χ3n) is 4.01. The fourth-order valence-electron chi connectivity index (χ4n) is 2.47. The van der Waals surface area contributed by atoms with Gasteiger partial charge in [0.1, 0.15) is 13.7 Å². The summed E-state index contributed by atoms with van der Waals surface area (Å²) in [6.45, 7) is 2.51. The van der Waals surface area contributed by atoms with Crippen LogP contribution in [0.25, 0.3) is 0 Å². The Bertz CT molecular complexity index is 725. The summed E-state index contributed by atoms with van der Waals surface area (Å²) in [5.41, 5.74) is 3.20. The highest BCUT2D eigenvalue weighted by molar-refractivity contribution is 6.34. The number of hydrogen-bond acceptors (Lipinski definition) is 2. The predicted octanol–water partition coefficient (Wildman–Crippen LogP) is 2.41. The lowest BCUT2D eigenvalue weighted by Crippen LogP contribution is -2.20. The molecule has 1 aliphatic rings. The number of ketones is 1. The fraction of sp³-hybridized carbons (Fsp3) is 0.278. The van der Waals surface area contributed by atoms with Gasteiger partial charge in [-0.05, 0) is 49.1 Å². The molecule has 2 radical (unpaired) electrons. The highest BCUT2D eigenvalue weighted by Gasteiger charge is 2.20. The van der Waals surface area contributed by atoms with Crippen molar-refractivity contribution < 1.29 is 9.18 Å². The fourth-order valence-corrected chi connectivity index (χ4v) is 2.47. The molecule has 0 bridgehead atoms. The minimum absolute atomic E-state index is 0.197. The van der Waals surface area contributed by atoms with E-state index < -0.39 is 5.82 Å². The number of nitrogens with one attached hydrogen (secondary N) is 1. The normalized spacial score (nSPS) is 14.1. The van der Waals surface area contributed by atoms with E-state index in [-0.39, 0.29) is 5.78 Å². The molecule has 1 N–H and O–H groups in total. The number of carbonyl (C=O) groups excluding carboxylic acids is 1. The van der Waals surface area contributed by atoms with Gasteiger partial charge in [-0.15, -0.1) is 0 Å². The van der Waals surface area contributed by atoms with Crippen molar-refractivity contribution in [1.82, 2.24) is 5.32 Å². The van der Waals surface area contributed by atoms with E-state index in [1.807, 2.05) is 19.1 Å². The number of benzene rings is 2. The smallest absolute Gasteiger partial charge is 0.193 e. The first-order valence-electron chi connectivity index (χ1n) is 7.47. The standard InChI is InChI=1S/C18H17BFNO/c1-11-16(18(22)13-3-2-4-14(20)9-13)7-12(8-17(11)19)10-21-15-5-6-15/h2-4,7-9,15,21H,5-6,10H2,1H3. The van der Waals surface area contributed by atoms with E-state index in [4.69, 9.17) is 7.85 Å². The van der Waals surface area contributed by atoms with Crippen molar-refractivity contribution >= 4 is 19.1 Å². The van der Waals surface area contributed by atoms with Gasteiger partial charge in [-0.2, -0.15) is 0 Å². The quantitative estimate of drug-likeness (QED) is 0.677. The van der Waals surface area contributed by atoms with Crippen molar-refractivity contribution in [1.29, 1.82) is 0 Å². The maximum atomic E-state index is 13.3. The van der Waals surface area contributed by atoms with Gasteiger partial charge in [-0.1, -0.05) is 23.7 Å². The van der Waals surface area contributed by atoms with Gasteiger partial charge in [0.15, 0.2) is 5.78 Å². The van der Waals surface area contributed by atoms with Crippen molar-refractivity contribution in [3.8, 4) is 0 Å². The van der Waals surface area contributed by atoms with Gasteiger partial charge in [0.2, 0.25) is 0 Å². The Morgan fingerprint density at radius 1 is 1.32 bits per heavy atom. The third kappa shape index (κ3) is 3.28. The minimum Gasteiger partial charge on any atom is -0.310 e. The van der Waals surface area contributed by atoms with Crippen LogP contribution in [0.2, 0.25) is 0 Å². The second kappa shape index (κ2) is 6.05. The van der Waals surface area contributed by atoms with Crippen LogP contribution < -0.4 is 10.8 Å². The molecule has 0 aliphatic heterocycles. The van der Waals surface area contributed by atoms with E-state index in [9.17, 15) is 9.18 Å². The molecule has 2 nitrogen and oxygen atoms in total. The lowest BCUT2D eigenvalue weighted by molar-refractivity contribution is 0.103. The molecular weight excluding hydrogens is 276 g/mol. The Balaban J connectivity index is 1.92. The average Bonchev–Trinajstić information content (AvgIpc) is 3.32. The van der Waals surface area contributed by atoms with Crippen molar-refractivity contribution in [2.24, 2.45) is 0 Å². The zero-order valence-corrected chi connectivity index (χ0v) is 12.5. The van der Waals surface area contributed by atoms with Crippen molar-refractivity contribution in [3.05, 3.63) is 64.5 Å². The molecule has 0 unspecified atom stereocenters. The molecule has 110 valence electrons. The Labute approximate surface area is 131 Å². The van der Waals surface area contributed by atoms with Crippen molar-refractivity contribution in [2.45, 2.75) is 32.4 Å². The molecule has 0 aromatic heterocycles. The molecule has 22 heavy (non-hydrogen) atoms. The molecule has 0 saturated heterocycles. The summed E-state index contributed by atoms with van der Waals surface area (Å²) >= 11 is 0. The first kappa shape index (κ1) is 15.0. The van der Waals surface area contributed by atoms with Crippen LogP contribution in [0.3, 0.4) is 0 Å². The number of halogens is 1. The lowest BCUT2D eigenvalue weighted by atomic mass is 9.84. The summed E-state index contributed by atoms with van der Waals surface area (Å²) < 4.78 is 13.3. The van der Waals surface area contributed by atoms with E-state index >= 15 is 0 Å². The SMILES string of the molecule is [B]c1cc(CNC2CC2)cc(C(=O)c2cccc(F)c2)c1C. The van der Waals surface area contributed by atoms with Crippen LogP contribution in [0, 0.1) is 12.7 Å². The van der Waals surface area contributed by atoms with Gasteiger partial charge in [-0.3, -0.25) is 4.79 Å². The largest absolute Gasteiger partial charge is 0.310 e. The molecule has 3 rings (SSSR count). The van der Waals surface area contributed by atoms with Gasteiger partial charge in [0.25, 0.3) is 0 Å². The molecule has 1 aliphatic carbocycles. The average molecular weight is 293 g/mol. The van der Waals surface area contributed by atoms with Crippen LogP contribution in [0.4, 0.5) is 4.39 Å². The third-order valence-corrected chi connectivity index (χ3v) is 4.01. The topological polar surface area (TPSA) is 29.1 Å². The molecule has 4 heteroatoms. The second-order valence-electron chi connectivity index (χ2n) is 5.85. The zero-order valence-electron chi connectivity index (χ0n) is 12.5. The maximum Gasteiger partial charge on any atom is 0.193 e. The van der Waals surface area contributed by atoms with Crippen LogP contribution in [0.15, 0.2) is 36.4 Å². The van der Waals surface area contributed by atoms with Crippen LogP contribution in [0.1, 0.15) is 39.9 Å². The zero-order chi connectivity index (χ0) is 15.7. The monoisotopic (exact) mass is 293 g/mol. The predicted molar refractivity (Wildman–Crippen MR) is 86.3 cm³/mol. The number of hydrogen-bond donors (Lipinski definition) is 1. The van der Waals surface area contributed by atoms with Gasteiger partial charge >= 0.3 is 0 Å². The van der Waals surface area contributed by atoms with E-state index in [2.05, 4.69) is 5.32 Å². The summed E-state index contributed by atoms with van der Waals surface area (Å²) in [4.78, 5) is 12.6. The summed E-state index contributed by atoms with van der Waals surface area (Å²) in [7, 11) is 6.04. The molecular formula is C18H17BFNO. The van der Waals surface area contributed by atoms with Gasteiger partial charge in [0.05, 0.1) is 0 Å². The van der Waals surface area contributed by atoms with Gasteiger partial charge in [-0.25, -0.2) is 4.39 Å².